The fourth-order valence-corrected chi connectivity index (χ4v) is 7.52. The van der Waals surface area contributed by atoms with Gasteiger partial charge >= 0.3 is 0 Å². The molecule has 5 nitrogen and oxygen atoms in total. The standard InChI is InChI=1S/C44H36N4O/c1-27(2)29-13-5-7-19-37(29)47-39-21-9-15-31-32-16-10-22-40-34(32)26-42(48(40)38-20-8-6-14-30(38)28(3)4)36-18-12-24-44(46-36)49-43-23-11-17-35(45-43)41(47)25-33(31)39/h5-28H,1-4H3. The Morgan fingerprint density at radius 2 is 0.857 bits per heavy atom. The Balaban J connectivity index is 1.55. The minimum absolute atomic E-state index is 0.337. The summed E-state index contributed by atoms with van der Waals surface area (Å²) in [6.45, 7) is 9.01. The third-order valence-electron chi connectivity index (χ3n) is 9.76. The summed E-state index contributed by atoms with van der Waals surface area (Å²) in [6.07, 6.45) is 0. The predicted molar refractivity (Wildman–Crippen MR) is 204 cm³/mol. The van der Waals surface area contributed by atoms with Crippen LogP contribution in [0, 0.1) is 0 Å². The molecule has 0 amide bonds. The van der Waals surface area contributed by atoms with Gasteiger partial charge in [0.05, 0.1) is 33.1 Å². The van der Waals surface area contributed by atoms with Crippen LogP contribution >= 0.6 is 0 Å². The first-order chi connectivity index (χ1) is 24.0. The van der Waals surface area contributed by atoms with E-state index in [4.69, 9.17) is 14.4 Å². The van der Waals surface area contributed by atoms with Crippen molar-refractivity contribution in [1.29, 1.82) is 0 Å². The Bertz CT molecular complexity index is 2600. The van der Waals surface area contributed by atoms with Crippen LogP contribution in [0.15, 0.2) is 138 Å². The molecule has 0 aliphatic carbocycles. The van der Waals surface area contributed by atoms with E-state index in [0.717, 1.165) is 44.5 Å². The molecule has 49 heavy (non-hydrogen) atoms. The van der Waals surface area contributed by atoms with Crippen LogP contribution < -0.4 is 0 Å². The van der Waals surface area contributed by atoms with E-state index in [9.17, 15) is 0 Å². The number of hydrogen-bond donors (Lipinski definition) is 0. The Morgan fingerprint density at radius 1 is 0.429 bits per heavy atom. The lowest BCUT2D eigenvalue weighted by Crippen LogP contribution is -2.01. The zero-order valence-corrected chi connectivity index (χ0v) is 28.1. The quantitative estimate of drug-likeness (QED) is 0.193. The molecule has 9 rings (SSSR count). The molecule has 9 aromatic rings. The maximum atomic E-state index is 6.44. The second kappa shape index (κ2) is 11.3. The Morgan fingerprint density at radius 3 is 1.31 bits per heavy atom. The van der Waals surface area contributed by atoms with E-state index in [1.165, 1.54) is 32.7 Å². The van der Waals surface area contributed by atoms with Gasteiger partial charge in [0.1, 0.15) is 0 Å². The van der Waals surface area contributed by atoms with Crippen molar-refractivity contribution in [3.05, 3.63) is 145 Å². The van der Waals surface area contributed by atoms with Crippen molar-refractivity contribution in [2.75, 3.05) is 0 Å². The van der Waals surface area contributed by atoms with E-state index in [2.05, 4.69) is 146 Å². The summed E-state index contributed by atoms with van der Waals surface area (Å²) in [5.74, 6) is 0.674. The molecule has 0 aliphatic rings. The van der Waals surface area contributed by atoms with E-state index >= 15 is 0 Å². The topological polar surface area (TPSA) is 48.8 Å². The Labute approximate surface area is 284 Å². The molecular formula is C44H36N4O. The summed E-state index contributed by atoms with van der Waals surface area (Å²) in [6, 6.07) is 47.3. The van der Waals surface area contributed by atoms with Crippen LogP contribution in [-0.2, 0) is 0 Å². The van der Waals surface area contributed by atoms with E-state index in [1.807, 2.05) is 24.3 Å². The van der Waals surface area contributed by atoms with Crippen LogP contribution in [-0.4, -0.2) is 19.1 Å². The molecule has 4 aromatic carbocycles. The molecule has 0 saturated carbocycles. The van der Waals surface area contributed by atoms with E-state index < -0.39 is 0 Å². The predicted octanol–water partition coefficient (Wildman–Crippen LogP) is 11.9. The minimum atomic E-state index is 0.337. The summed E-state index contributed by atoms with van der Waals surface area (Å²) < 4.78 is 11.2. The molecule has 0 spiro atoms. The largest absolute Gasteiger partial charge is 0.421 e. The van der Waals surface area contributed by atoms with Crippen LogP contribution in [0.4, 0.5) is 0 Å². The molecule has 5 heteroatoms. The average Bonchev–Trinajstić information content (AvgIpc) is 3.71. The lowest BCUT2D eigenvalue weighted by Gasteiger charge is -2.16. The van der Waals surface area contributed by atoms with Gasteiger partial charge in [0.2, 0.25) is 11.4 Å². The molecule has 8 bridgehead atoms. The first-order valence-corrected chi connectivity index (χ1v) is 17.1. The fraction of sp³-hybridized carbons (Fsp3) is 0.136. The minimum Gasteiger partial charge on any atom is -0.421 e. The summed E-state index contributed by atoms with van der Waals surface area (Å²) in [4.78, 5) is 10.2. The van der Waals surface area contributed by atoms with Gasteiger partial charge in [-0.15, -0.1) is 0 Å². The van der Waals surface area contributed by atoms with Gasteiger partial charge in [-0.2, -0.15) is 0 Å². The fourth-order valence-electron chi connectivity index (χ4n) is 7.52. The van der Waals surface area contributed by atoms with Gasteiger partial charge in [-0.25, -0.2) is 9.97 Å². The highest BCUT2D eigenvalue weighted by Crippen LogP contribution is 2.38. The molecule has 0 N–H and O–H groups in total. The van der Waals surface area contributed by atoms with Gasteiger partial charge in [0.15, 0.2) is 0 Å². The number of benzene rings is 4. The third kappa shape index (κ3) is 4.68. The smallest absolute Gasteiger partial charge is 0.221 e. The van der Waals surface area contributed by atoms with Crippen LogP contribution in [0.3, 0.4) is 0 Å². The number of rotatable bonds is 4. The van der Waals surface area contributed by atoms with Crippen molar-refractivity contribution in [2.24, 2.45) is 0 Å². The van der Waals surface area contributed by atoms with Crippen LogP contribution in [0.2, 0.25) is 0 Å². The highest BCUT2D eigenvalue weighted by molar-refractivity contribution is 6.18. The lowest BCUT2D eigenvalue weighted by atomic mass is 10.0. The first-order valence-electron chi connectivity index (χ1n) is 17.1. The van der Waals surface area contributed by atoms with E-state index in [0.29, 0.717) is 23.3 Å². The molecular weight excluding hydrogens is 601 g/mol. The molecule has 238 valence electrons. The van der Waals surface area contributed by atoms with Gasteiger partial charge in [-0.05, 0) is 82.3 Å². The van der Waals surface area contributed by atoms with Crippen molar-refractivity contribution in [3.8, 4) is 11.4 Å². The SMILES string of the molecule is CC(C)c1ccccc1-n1c2cc3c(cccc31)c1cccc3c1cc(c1cccc(n1)oc1cccc2n1)n3-c1ccccc1C(C)C. The van der Waals surface area contributed by atoms with Crippen molar-refractivity contribution < 1.29 is 4.42 Å². The first kappa shape index (κ1) is 29.2. The molecule has 0 aliphatic heterocycles. The van der Waals surface area contributed by atoms with Gasteiger partial charge < -0.3 is 13.6 Å². The monoisotopic (exact) mass is 636 g/mol. The van der Waals surface area contributed by atoms with Crippen molar-refractivity contribution in [2.45, 2.75) is 39.5 Å². The Hall–Kier alpha value is -5.94. The van der Waals surface area contributed by atoms with Crippen LogP contribution in [0.25, 0.3) is 77.4 Å². The summed E-state index contributed by atoms with van der Waals surface area (Å²) in [5.41, 5.74) is 11.8. The van der Waals surface area contributed by atoms with Crippen molar-refractivity contribution >= 4 is 66.1 Å². The number of nitrogens with zero attached hydrogens (tertiary/aromatic N) is 4. The zero-order chi connectivity index (χ0) is 33.2. The highest BCUT2D eigenvalue weighted by Gasteiger charge is 2.18. The summed E-state index contributed by atoms with van der Waals surface area (Å²) in [7, 11) is 0. The zero-order valence-electron chi connectivity index (χ0n) is 28.1. The molecule has 0 fully saturated rings. The molecule has 0 radical (unpaired) electrons. The van der Waals surface area contributed by atoms with Gasteiger partial charge in [0, 0.05) is 34.3 Å². The number of para-hydroxylation sites is 2. The number of hydrogen-bond acceptors (Lipinski definition) is 3. The van der Waals surface area contributed by atoms with E-state index in [1.54, 1.807) is 0 Å². The van der Waals surface area contributed by atoms with Crippen molar-refractivity contribution in [1.82, 2.24) is 19.1 Å². The van der Waals surface area contributed by atoms with Gasteiger partial charge in [-0.1, -0.05) is 100 Å². The van der Waals surface area contributed by atoms with Gasteiger partial charge in [-0.3, -0.25) is 0 Å². The third-order valence-corrected chi connectivity index (χ3v) is 9.76. The highest BCUT2D eigenvalue weighted by atomic mass is 16.3. The van der Waals surface area contributed by atoms with Gasteiger partial charge in [0.25, 0.3) is 0 Å². The number of fused-ring (bicyclic) bond motifs is 9. The second-order valence-electron chi connectivity index (χ2n) is 13.5. The lowest BCUT2D eigenvalue weighted by molar-refractivity contribution is 0.629. The molecule has 0 atom stereocenters. The number of pyridine rings is 2. The molecule has 0 saturated heterocycles. The normalized spacial score (nSPS) is 12.0. The molecule has 5 aromatic heterocycles. The summed E-state index contributed by atoms with van der Waals surface area (Å²) in [5, 5.41) is 4.69. The Kier molecular flexibility index (Phi) is 6.76. The second-order valence-corrected chi connectivity index (χ2v) is 13.5. The average molecular weight is 637 g/mol. The van der Waals surface area contributed by atoms with Crippen LogP contribution in [0.1, 0.15) is 50.7 Å². The molecule has 5 heterocycles. The van der Waals surface area contributed by atoms with Crippen molar-refractivity contribution in [3.63, 3.8) is 0 Å². The van der Waals surface area contributed by atoms with E-state index in [-0.39, 0.29) is 0 Å². The summed E-state index contributed by atoms with van der Waals surface area (Å²) >= 11 is 0. The van der Waals surface area contributed by atoms with Crippen LogP contribution in [0.5, 0.6) is 0 Å². The number of aromatic nitrogens is 4. The maximum Gasteiger partial charge on any atom is 0.221 e. The maximum absolute atomic E-state index is 6.44. The molecule has 0 unspecified atom stereocenters.